The van der Waals surface area contributed by atoms with Crippen LogP contribution in [-0.2, 0) is 0 Å². The maximum absolute atomic E-state index is 13.0. The number of nitrogens with zero attached hydrogens (tertiary/aromatic N) is 1. The molecule has 5 heteroatoms. The number of carbonyl (C=O) groups is 1. The molecule has 4 aliphatic carbocycles. The van der Waals surface area contributed by atoms with E-state index < -0.39 is 0 Å². The first kappa shape index (κ1) is 17.8. The van der Waals surface area contributed by atoms with Crippen LogP contribution in [0.1, 0.15) is 48.9 Å². The van der Waals surface area contributed by atoms with E-state index in [9.17, 15) is 4.79 Å². The summed E-state index contributed by atoms with van der Waals surface area (Å²) in [6, 6.07) is 5.86. The van der Waals surface area contributed by atoms with Gasteiger partial charge in [-0.1, -0.05) is 17.7 Å². The zero-order valence-electron chi connectivity index (χ0n) is 16.0. The molecule has 2 N–H and O–H groups in total. The molecule has 4 bridgehead atoms. The third kappa shape index (κ3) is 3.36. The van der Waals surface area contributed by atoms with Crippen molar-refractivity contribution in [2.75, 3.05) is 37.6 Å². The van der Waals surface area contributed by atoms with Gasteiger partial charge >= 0.3 is 0 Å². The Morgan fingerprint density at radius 1 is 1.11 bits per heavy atom. The summed E-state index contributed by atoms with van der Waals surface area (Å²) in [7, 11) is 0. The Hall–Kier alpha value is -1.26. The number of piperazine rings is 1. The van der Waals surface area contributed by atoms with E-state index in [-0.39, 0.29) is 5.91 Å². The van der Waals surface area contributed by atoms with Crippen LogP contribution in [0.15, 0.2) is 18.2 Å². The lowest BCUT2D eigenvalue weighted by Crippen LogP contribution is -2.51. The summed E-state index contributed by atoms with van der Waals surface area (Å²) in [6.45, 7) is 4.59. The van der Waals surface area contributed by atoms with Gasteiger partial charge in [0.1, 0.15) is 0 Å². The SMILES string of the molecule is O=C(NCC12CC3CC(CC(C3)C1)C2)c1cccc(N2CCNCC2)c1Cl. The third-order valence-corrected chi connectivity index (χ3v) is 7.87. The zero-order valence-corrected chi connectivity index (χ0v) is 16.7. The molecule has 0 radical (unpaired) electrons. The zero-order chi connectivity index (χ0) is 18.4. The van der Waals surface area contributed by atoms with Crippen LogP contribution in [-0.4, -0.2) is 38.6 Å². The first-order valence-corrected chi connectivity index (χ1v) is 11.0. The lowest BCUT2D eigenvalue weighted by molar-refractivity contribution is -0.0503. The second kappa shape index (κ2) is 6.97. The largest absolute Gasteiger partial charge is 0.368 e. The number of nitrogens with one attached hydrogen (secondary N) is 2. The minimum absolute atomic E-state index is 0.00673. The van der Waals surface area contributed by atoms with Crippen molar-refractivity contribution in [2.45, 2.75) is 38.5 Å². The first-order chi connectivity index (χ1) is 13.1. The normalized spacial score (nSPS) is 34.7. The quantitative estimate of drug-likeness (QED) is 0.828. The smallest absolute Gasteiger partial charge is 0.252 e. The number of carbonyl (C=O) groups excluding carboxylic acids is 1. The Morgan fingerprint density at radius 2 is 1.74 bits per heavy atom. The second-order valence-corrected chi connectivity index (χ2v) is 9.85. The molecular weight excluding hydrogens is 358 g/mol. The molecule has 1 amide bonds. The molecule has 1 aromatic carbocycles. The summed E-state index contributed by atoms with van der Waals surface area (Å²) < 4.78 is 0. The van der Waals surface area contributed by atoms with E-state index in [0.717, 1.165) is 56.2 Å². The van der Waals surface area contributed by atoms with Gasteiger partial charge in [-0.3, -0.25) is 4.79 Å². The van der Waals surface area contributed by atoms with Gasteiger partial charge in [-0.15, -0.1) is 0 Å². The standard InChI is InChI=1S/C22H30ClN3O/c23-20-18(2-1-3-19(20)26-6-4-24-5-7-26)21(27)25-14-22-11-15-8-16(12-22)10-17(9-15)13-22/h1-3,15-17,24H,4-14H2,(H,25,27). The predicted molar refractivity (Wildman–Crippen MR) is 109 cm³/mol. The predicted octanol–water partition coefficient (Wildman–Crippen LogP) is 3.70. The molecule has 0 atom stereocenters. The molecular formula is C22H30ClN3O. The van der Waals surface area contributed by atoms with Gasteiger partial charge in [-0.05, 0) is 73.8 Å². The highest BCUT2D eigenvalue weighted by atomic mass is 35.5. The minimum atomic E-state index is -0.00673. The van der Waals surface area contributed by atoms with Gasteiger partial charge in [0.15, 0.2) is 0 Å². The maximum Gasteiger partial charge on any atom is 0.252 e. The lowest BCUT2D eigenvalue weighted by atomic mass is 9.49. The summed E-state index contributed by atoms with van der Waals surface area (Å²) >= 11 is 6.67. The molecule has 5 fully saturated rings. The van der Waals surface area contributed by atoms with Crippen LogP contribution >= 0.6 is 11.6 Å². The fourth-order valence-electron chi connectivity index (χ4n) is 6.71. The van der Waals surface area contributed by atoms with E-state index in [1.807, 2.05) is 18.2 Å². The van der Waals surface area contributed by atoms with Gasteiger partial charge < -0.3 is 15.5 Å². The summed E-state index contributed by atoms with van der Waals surface area (Å²) in [6.07, 6.45) is 8.25. The van der Waals surface area contributed by atoms with Crippen molar-refractivity contribution in [3.05, 3.63) is 28.8 Å². The Bertz CT molecular complexity index is 693. The molecule has 5 aliphatic rings. The van der Waals surface area contributed by atoms with Crippen LogP contribution in [0.3, 0.4) is 0 Å². The summed E-state index contributed by atoms with van der Waals surface area (Å²) in [5.74, 6) is 2.72. The molecule has 4 nitrogen and oxygen atoms in total. The van der Waals surface area contributed by atoms with Crippen molar-refractivity contribution < 1.29 is 4.79 Å². The van der Waals surface area contributed by atoms with E-state index in [0.29, 0.717) is 16.0 Å². The number of amides is 1. The van der Waals surface area contributed by atoms with Gasteiger partial charge in [0.05, 0.1) is 16.3 Å². The highest BCUT2D eigenvalue weighted by Crippen LogP contribution is 2.59. The topological polar surface area (TPSA) is 44.4 Å². The molecule has 1 saturated heterocycles. The molecule has 1 heterocycles. The van der Waals surface area contributed by atoms with Gasteiger partial charge in [0.2, 0.25) is 0 Å². The highest BCUT2D eigenvalue weighted by molar-refractivity contribution is 6.36. The van der Waals surface area contributed by atoms with Crippen molar-refractivity contribution >= 4 is 23.2 Å². The average Bonchev–Trinajstić information content (AvgIpc) is 2.66. The van der Waals surface area contributed by atoms with Crippen LogP contribution in [0.2, 0.25) is 5.02 Å². The van der Waals surface area contributed by atoms with E-state index >= 15 is 0 Å². The Morgan fingerprint density at radius 3 is 2.37 bits per heavy atom. The average molecular weight is 388 g/mol. The molecule has 0 spiro atoms. The number of hydrogen-bond donors (Lipinski definition) is 2. The fraction of sp³-hybridized carbons (Fsp3) is 0.682. The summed E-state index contributed by atoms with van der Waals surface area (Å²) in [5.41, 5.74) is 1.96. The van der Waals surface area contributed by atoms with Crippen LogP contribution in [0, 0.1) is 23.2 Å². The van der Waals surface area contributed by atoms with Crippen LogP contribution in [0.4, 0.5) is 5.69 Å². The third-order valence-electron chi connectivity index (χ3n) is 7.47. The number of anilines is 1. The maximum atomic E-state index is 13.0. The van der Waals surface area contributed by atoms with Crippen LogP contribution < -0.4 is 15.5 Å². The van der Waals surface area contributed by atoms with Crippen molar-refractivity contribution in [1.82, 2.24) is 10.6 Å². The summed E-state index contributed by atoms with van der Waals surface area (Å²) in [5, 5.41) is 7.23. The molecule has 4 saturated carbocycles. The molecule has 6 rings (SSSR count). The molecule has 146 valence electrons. The minimum Gasteiger partial charge on any atom is -0.368 e. The number of rotatable bonds is 4. The summed E-state index contributed by atoms with van der Waals surface area (Å²) in [4.78, 5) is 15.2. The molecule has 27 heavy (non-hydrogen) atoms. The fourth-order valence-corrected chi connectivity index (χ4v) is 7.05. The number of halogens is 1. The lowest BCUT2D eigenvalue weighted by Gasteiger charge is -2.56. The Balaban J connectivity index is 1.29. The van der Waals surface area contributed by atoms with Crippen molar-refractivity contribution in [3.63, 3.8) is 0 Å². The first-order valence-electron chi connectivity index (χ1n) is 10.6. The second-order valence-electron chi connectivity index (χ2n) is 9.48. The Labute approximate surface area is 167 Å². The molecule has 0 unspecified atom stereocenters. The van der Waals surface area contributed by atoms with Crippen molar-refractivity contribution in [1.29, 1.82) is 0 Å². The van der Waals surface area contributed by atoms with Crippen LogP contribution in [0.5, 0.6) is 0 Å². The molecule has 0 aromatic heterocycles. The van der Waals surface area contributed by atoms with Gasteiger partial charge in [-0.2, -0.15) is 0 Å². The monoisotopic (exact) mass is 387 g/mol. The van der Waals surface area contributed by atoms with Gasteiger partial charge in [-0.25, -0.2) is 0 Å². The van der Waals surface area contributed by atoms with E-state index in [4.69, 9.17) is 11.6 Å². The number of hydrogen-bond acceptors (Lipinski definition) is 3. The van der Waals surface area contributed by atoms with Gasteiger partial charge in [0, 0.05) is 32.7 Å². The van der Waals surface area contributed by atoms with Crippen molar-refractivity contribution in [3.8, 4) is 0 Å². The molecule has 1 aliphatic heterocycles. The highest BCUT2D eigenvalue weighted by Gasteiger charge is 2.50. The Kier molecular flexibility index (Phi) is 4.60. The van der Waals surface area contributed by atoms with E-state index in [1.54, 1.807) is 0 Å². The van der Waals surface area contributed by atoms with Gasteiger partial charge in [0.25, 0.3) is 5.91 Å². The van der Waals surface area contributed by atoms with Crippen molar-refractivity contribution in [2.24, 2.45) is 23.2 Å². The molecule has 1 aromatic rings. The number of benzene rings is 1. The van der Waals surface area contributed by atoms with E-state index in [2.05, 4.69) is 15.5 Å². The van der Waals surface area contributed by atoms with E-state index in [1.165, 1.54) is 38.5 Å². The van der Waals surface area contributed by atoms with Crippen LogP contribution in [0.25, 0.3) is 0 Å².